The summed E-state index contributed by atoms with van der Waals surface area (Å²) in [6.07, 6.45) is -3.90. The predicted molar refractivity (Wildman–Crippen MR) is 224 cm³/mol. The van der Waals surface area contributed by atoms with Crippen molar-refractivity contribution in [1.82, 2.24) is 20.1 Å². The largest absolute Gasteiger partial charge is 0.490 e. The fourth-order valence-electron chi connectivity index (χ4n) is 6.03. The van der Waals surface area contributed by atoms with Crippen LogP contribution in [0.3, 0.4) is 0 Å². The molecule has 3 amide bonds. The lowest BCUT2D eigenvalue weighted by atomic mass is 9.82. The SMILES string of the molecule is CC(C)(C)[C@H](c1cc(-c2cc(F)ccc2F)cn1Cc1ccccc1)N(CC[C@H](N)C(=O)NCCOCCNC(=O)C(CC(=O)O)SCC(N)C(=O)O)C(=O)CO.O=C(O)C(F)(F)F. The number of carboxylic acids is 3. The fourth-order valence-corrected chi connectivity index (χ4v) is 7.10. The van der Waals surface area contributed by atoms with Gasteiger partial charge in [0.25, 0.3) is 0 Å². The third kappa shape index (κ3) is 18.2. The highest BCUT2D eigenvalue weighted by Crippen LogP contribution is 2.41. The average Bonchev–Trinajstić information content (AvgIpc) is 3.62. The molecular formula is C41H53F5N6O11S. The summed E-state index contributed by atoms with van der Waals surface area (Å²) in [7, 11) is 0. The minimum absolute atomic E-state index is 0.00864. The van der Waals surface area contributed by atoms with Gasteiger partial charge in [0.05, 0.1) is 37.0 Å². The number of alkyl halides is 3. The first-order valence-electron chi connectivity index (χ1n) is 19.5. The van der Waals surface area contributed by atoms with Gasteiger partial charge < -0.3 is 56.7 Å². The van der Waals surface area contributed by atoms with E-state index < -0.39 is 95.3 Å². The lowest BCUT2D eigenvalue weighted by molar-refractivity contribution is -0.192. The normalized spacial score (nSPS) is 13.4. The van der Waals surface area contributed by atoms with Gasteiger partial charge in [-0.1, -0.05) is 51.1 Å². The number of aliphatic hydroxyl groups excluding tert-OH is 1. The van der Waals surface area contributed by atoms with Crippen molar-refractivity contribution in [2.24, 2.45) is 16.9 Å². The number of aliphatic carboxylic acids is 3. The molecule has 3 aromatic rings. The van der Waals surface area contributed by atoms with Crippen molar-refractivity contribution in [3.05, 3.63) is 83.7 Å². The van der Waals surface area contributed by atoms with Crippen LogP contribution in [-0.4, -0.2) is 134 Å². The third-order valence-electron chi connectivity index (χ3n) is 9.03. The fraction of sp³-hybridized carbons (Fsp3) is 0.463. The number of carboxylic acid groups (broad SMARTS) is 3. The zero-order chi connectivity index (χ0) is 48.4. The van der Waals surface area contributed by atoms with Crippen molar-refractivity contribution >= 4 is 47.4 Å². The number of carbonyl (C=O) groups is 6. The topological polar surface area (TPSA) is 277 Å². The van der Waals surface area contributed by atoms with Gasteiger partial charge in [0.15, 0.2) is 0 Å². The molecule has 0 aliphatic heterocycles. The van der Waals surface area contributed by atoms with Gasteiger partial charge >= 0.3 is 24.1 Å². The first-order chi connectivity index (χ1) is 29.9. The van der Waals surface area contributed by atoms with Crippen molar-refractivity contribution in [3.8, 4) is 11.1 Å². The zero-order valence-corrected chi connectivity index (χ0v) is 36.0. The van der Waals surface area contributed by atoms with Gasteiger partial charge in [-0.2, -0.15) is 13.2 Å². The van der Waals surface area contributed by atoms with E-state index in [4.69, 9.17) is 36.3 Å². The molecule has 17 nitrogen and oxygen atoms in total. The van der Waals surface area contributed by atoms with E-state index in [1.54, 1.807) is 12.3 Å². The molecule has 354 valence electrons. The maximum absolute atomic E-state index is 15.0. The first kappa shape index (κ1) is 54.5. The number of thioether (sulfide) groups is 1. The Balaban J connectivity index is 0.00000185. The van der Waals surface area contributed by atoms with E-state index in [0.29, 0.717) is 17.8 Å². The van der Waals surface area contributed by atoms with E-state index in [1.807, 2.05) is 55.7 Å². The van der Waals surface area contributed by atoms with Gasteiger partial charge in [0, 0.05) is 54.9 Å². The molecule has 10 N–H and O–H groups in total. The lowest BCUT2D eigenvalue weighted by Gasteiger charge is -2.41. The van der Waals surface area contributed by atoms with E-state index in [0.717, 1.165) is 35.5 Å². The van der Waals surface area contributed by atoms with Crippen LogP contribution in [-0.2, 0) is 40.0 Å². The number of amides is 3. The molecule has 64 heavy (non-hydrogen) atoms. The van der Waals surface area contributed by atoms with Crippen molar-refractivity contribution < 1.29 is 75.9 Å². The molecule has 1 aromatic heterocycles. The van der Waals surface area contributed by atoms with Crippen LogP contribution in [0.2, 0.25) is 0 Å². The molecule has 0 spiro atoms. The molecule has 23 heteroatoms. The second kappa shape index (κ2) is 25.6. The van der Waals surface area contributed by atoms with E-state index >= 15 is 4.39 Å². The Labute approximate surface area is 369 Å². The Morgan fingerprint density at radius 1 is 0.875 bits per heavy atom. The number of aliphatic hydroxyl groups is 1. The second-order valence-corrected chi connectivity index (χ2v) is 16.4. The standard InChI is InChI=1S/C39H52F2N6O9S.C2HF3O2/c1-39(2,3)35(31-17-25(27-18-26(40)9-10-28(27)41)21-46(31)20-24-7-5-4-6-8-24)47(33(49)22-48)14-11-29(42)36(52)44-12-15-56-16-13-45-37(53)32(19-34(50)51)57-23-30(43)38(54)55;3-2(4,5)1(6)7/h4-10,17-18,21,29-30,32,35,48H,11-16,19-20,22-23,42-43H2,1-3H3,(H,44,52)(H,45,53)(H,50,51)(H,54,55);(H,6,7)/t29-,30?,32?,35-;/m0./s1. The number of hydrogen-bond acceptors (Lipinski definition) is 11. The Morgan fingerprint density at radius 2 is 1.47 bits per heavy atom. The Morgan fingerprint density at radius 3 is 2.00 bits per heavy atom. The number of carbonyl (C=O) groups excluding carboxylic acids is 3. The number of nitrogens with two attached hydrogens (primary N) is 2. The molecule has 0 saturated carbocycles. The van der Waals surface area contributed by atoms with Crippen molar-refractivity contribution in [2.45, 2.75) is 69.7 Å². The second-order valence-electron chi connectivity index (χ2n) is 15.2. The molecule has 0 saturated heterocycles. The van der Waals surface area contributed by atoms with Gasteiger partial charge in [0.2, 0.25) is 17.7 Å². The molecule has 2 aromatic carbocycles. The molecule has 0 radical (unpaired) electrons. The number of benzene rings is 2. The summed E-state index contributed by atoms with van der Waals surface area (Å²) in [6, 6.07) is 11.3. The minimum atomic E-state index is -5.08. The Bertz CT molecular complexity index is 2040. The van der Waals surface area contributed by atoms with Gasteiger partial charge in [-0.05, 0) is 41.7 Å². The average molecular weight is 933 g/mol. The number of nitrogens with zero attached hydrogens (tertiary/aromatic N) is 2. The van der Waals surface area contributed by atoms with E-state index in [9.17, 15) is 46.6 Å². The molecule has 2 unspecified atom stereocenters. The molecule has 1 heterocycles. The van der Waals surface area contributed by atoms with Crippen LogP contribution < -0.4 is 22.1 Å². The number of ether oxygens (including phenoxy) is 1. The van der Waals surface area contributed by atoms with E-state index in [1.165, 1.54) is 4.90 Å². The number of aromatic nitrogens is 1. The molecule has 0 bridgehead atoms. The number of hydrogen-bond donors (Lipinski definition) is 8. The van der Waals surface area contributed by atoms with Crippen LogP contribution in [0.5, 0.6) is 0 Å². The summed E-state index contributed by atoms with van der Waals surface area (Å²) in [4.78, 5) is 71.3. The smallest absolute Gasteiger partial charge is 0.481 e. The van der Waals surface area contributed by atoms with Crippen LogP contribution in [0.1, 0.15) is 50.9 Å². The molecule has 0 aliphatic carbocycles. The van der Waals surface area contributed by atoms with Crippen LogP contribution in [0, 0.1) is 17.0 Å². The number of rotatable bonds is 23. The Hall–Kier alpha value is -5.62. The van der Waals surface area contributed by atoms with Gasteiger partial charge in [-0.25, -0.2) is 13.6 Å². The highest BCUT2D eigenvalue weighted by Gasteiger charge is 2.39. The monoisotopic (exact) mass is 932 g/mol. The van der Waals surface area contributed by atoms with Crippen LogP contribution >= 0.6 is 11.8 Å². The maximum Gasteiger partial charge on any atom is 0.490 e. The highest BCUT2D eigenvalue weighted by atomic mass is 32.2. The Kier molecular flexibility index (Phi) is 21.8. The van der Waals surface area contributed by atoms with Crippen molar-refractivity contribution in [3.63, 3.8) is 0 Å². The molecule has 0 aliphatic rings. The highest BCUT2D eigenvalue weighted by molar-refractivity contribution is 8.00. The molecular weight excluding hydrogens is 880 g/mol. The molecule has 0 fully saturated rings. The quantitative estimate of drug-likeness (QED) is 0.0502. The van der Waals surface area contributed by atoms with E-state index in [2.05, 4.69) is 10.6 Å². The van der Waals surface area contributed by atoms with Crippen LogP contribution in [0.15, 0.2) is 60.8 Å². The van der Waals surface area contributed by atoms with Crippen molar-refractivity contribution in [1.29, 1.82) is 0 Å². The van der Waals surface area contributed by atoms with E-state index in [-0.39, 0.29) is 50.6 Å². The molecule has 4 atom stereocenters. The molecule has 3 rings (SSSR count). The summed E-state index contributed by atoms with van der Waals surface area (Å²) in [5, 5.41) is 39.4. The summed E-state index contributed by atoms with van der Waals surface area (Å²) in [5.41, 5.74) is 13.0. The first-order valence-corrected chi connectivity index (χ1v) is 20.5. The van der Waals surface area contributed by atoms with Gasteiger partial charge in [-0.15, -0.1) is 11.8 Å². The number of halogens is 5. The summed E-state index contributed by atoms with van der Waals surface area (Å²) >= 11 is 0.826. The predicted octanol–water partition coefficient (Wildman–Crippen LogP) is 2.98. The maximum atomic E-state index is 15.0. The summed E-state index contributed by atoms with van der Waals surface area (Å²) in [6.45, 7) is 5.34. The minimum Gasteiger partial charge on any atom is -0.481 e. The summed E-state index contributed by atoms with van der Waals surface area (Å²) < 4.78 is 68.4. The zero-order valence-electron chi connectivity index (χ0n) is 35.1. The van der Waals surface area contributed by atoms with Crippen molar-refractivity contribution in [2.75, 3.05) is 45.2 Å². The van der Waals surface area contributed by atoms with Crippen LogP contribution in [0.25, 0.3) is 11.1 Å². The van der Waals surface area contributed by atoms with Crippen LogP contribution in [0.4, 0.5) is 22.0 Å². The number of nitrogens with one attached hydrogen (secondary N) is 2. The van der Waals surface area contributed by atoms with Gasteiger partial charge in [0.1, 0.15) is 24.3 Å². The lowest BCUT2D eigenvalue weighted by Crippen LogP contribution is -2.48. The summed E-state index contributed by atoms with van der Waals surface area (Å²) in [5.74, 6) is -8.42. The third-order valence-corrected chi connectivity index (χ3v) is 10.4. The van der Waals surface area contributed by atoms with Gasteiger partial charge in [-0.3, -0.25) is 24.0 Å².